The molecule has 2 fully saturated rings. The third-order valence-corrected chi connectivity index (χ3v) is 7.55. The number of hydrogen-bond donors (Lipinski definition) is 2. The van der Waals surface area contributed by atoms with Crippen LogP contribution in [0.5, 0.6) is 0 Å². The number of aromatic nitrogens is 3. The van der Waals surface area contributed by atoms with E-state index in [1.54, 1.807) is 31.0 Å². The van der Waals surface area contributed by atoms with Crippen LogP contribution in [-0.4, -0.2) is 51.3 Å². The van der Waals surface area contributed by atoms with Gasteiger partial charge in [-0.3, -0.25) is 9.78 Å². The Kier molecular flexibility index (Phi) is 5.76. The molecule has 10 heteroatoms. The van der Waals surface area contributed by atoms with E-state index < -0.39 is 5.41 Å². The summed E-state index contributed by atoms with van der Waals surface area (Å²) in [6.07, 6.45) is 5.71. The Morgan fingerprint density at radius 3 is 2.74 bits per heavy atom. The van der Waals surface area contributed by atoms with Crippen molar-refractivity contribution < 1.29 is 14.0 Å². The smallest absolute Gasteiger partial charge is 0.321 e. The number of rotatable bonds is 5. The zero-order valence-corrected chi connectivity index (χ0v) is 19.8. The lowest BCUT2D eigenvalue weighted by Crippen LogP contribution is -2.38. The van der Waals surface area contributed by atoms with E-state index in [0.29, 0.717) is 42.2 Å². The van der Waals surface area contributed by atoms with Crippen molar-refractivity contribution in [2.75, 3.05) is 25.5 Å². The van der Waals surface area contributed by atoms with Gasteiger partial charge in [-0.2, -0.15) is 4.37 Å². The highest BCUT2D eigenvalue weighted by Crippen LogP contribution is 2.42. The van der Waals surface area contributed by atoms with E-state index in [0.717, 1.165) is 29.1 Å². The quantitative estimate of drug-likeness (QED) is 0.578. The van der Waals surface area contributed by atoms with Crippen LogP contribution >= 0.6 is 11.5 Å². The van der Waals surface area contributed by atoms with E-state index in [9.17, 15) is 14.0 Å². The lowest BCUT2D eigenvalue weighted by molar-refractivity contribution is 0.0963. The average molecular weight is 481 g/mol. The van der Waals surface area contributed by atoms with Crippen molar-refractivity contribution in [3.63, 3.8) is 0 Å². The summed E-state index contributed by atoms with van der Waals surface area (Å²) in [7, 11) is 1.54. The van der Waals surface area contributed by atoms with E-state index in [2.05, 4.69) is 25.0 Å². The zero-order chi connectivity index (χ0) is 23.9. The van der Waals surface area contributed by atoms with Gasteiger partial charge in [-0.25, -0.2) is 14.2 Å². The number of benzene rings is 1. The van der Waals surface area contributed by atoms with Crippen molar-refractivity contribution in [2.24, 2.45) is 0 Å². The molecular weight excluding hydrogens is 455 g/mol. The summed E-state index contributed by atoms with van der Waals surface area (Å²) in [4.78, 5) is 36.2. The first kappa shape index (κ1) is 22.4. The average Bonchev–Trinajstić information content (AvgIpc) is 3.34. The number of nitrogens with one attached hydrogen (secondary N) is 2. The summed E-state index contributed by atoms with van der Waals surface area (Å²) in [5.74, 6) is -0.225. The molecule has 5 rings (SSSR count). The molecule has 3 heterocycles. The van der Waals surface area contributed by atoms with Gasteiger partial charge in [-0.1, -0.05) is 12.1 Å². The molecule has 34 heavy (non-hydrogen) atoms. The van der Waals surface area contributed by atoms with Crippen LogP contribution in [0, 0.1) is 12.7 Å². The number of nitrogens with zero attached hydrogens (tertiary/aromatic N) is 4. The van der Waals surface area contributed by atoms with Crippen molar-refractivity contribution in [1.29, 1.82) is 0 Å². The summed E-state index contributed by atoms with van der Waals surface area (Å²) >= 11 is 1.26. The molecule has 1 saturated carbocycles. The standard InChI is InChI=1S/C24H25FN6O2S/c1-14-3-6-16(9-18(14)25)24(22-28-13-29-34-22)7-8-31(12-24)23(33)30-20-10-19(15-4-5-15)27-11-17(20)21(32)26-2/h3,6,9-11,13,15H,4-5,7-8,12H2,1-2H3,(H,26,32)(H,27,30,33)/t24-/m0/s1. The fourth-order valence-corrected chi connectivity index (χ4v) is 5.23. The molecule has 0 spiro atoms. The molecule has 0 bridgehead atoms. The Morgan fingerprint density at radius 1 is 1.24 bits per heavy atom. The number of pyridine rings is 1. The summed E-state index contributed by atoms with van der Waals surface area (Å²) in [5.41, 5.74) is 2.33. The van der Waals surface area contributed by atoms with Crippen molar-refractivity contribution >= 4 is 29.2 Å². The number of carbonyl (C=O) groups excluding carboxylic acids is 2. The number of likely N-dealkylation sites (tertiary alicyclic amines) is 1. The number of anilines is 1. The maximum atomic E-state index is 14.5. The molecule has 1 aliphatic heterocycles. The molecule has 0 unspecified atom stereocenters. The zero-order valence-electron chi connectivity index (χ0n) is 19.0. The van der Waals surface area contributed by atoms with Crippen molar-refractivity contribution in [3.05, 3.63) is 70.0 Å². The first-order chi connectivity index (χ1) is 16.4. The van der Waals surface area contributed by atoms with Gasteiger partial charge in [0.2, 0.25) is 0 Å². The Morgan fingerprint density at radius 2 is 2.06 bits per heavy atom. The highest BCUT2D eigenvalue weighted by Gasteiger charge is 2.45. The van der Waals surface area contributed by atoms with E-state index in [4.69, 9.17) is 0 Å². The Bertz CT molecular complexity index is 1250. The molecule has 0 radical (unpaired) electrons. The van der Waals surface area contributed by atoms with Crippen LogP contribution in [0.4, 0.5) is 14.9 Å². The molecule has 3 aromatic rings. The molecular formula is C24H25FN6O2S. The Balaban J connectivity index is 1.43. The van der Waals surface area contributed by atoms with Crippen LogP contribution in [0.15, 0.2) is 36.8 Å². The minimum atomic E-state index is -0.645. The van der Waals surface area contributed by atoms with Crippen LogP contribution in [-0.2, 0) is 5.41 Å². The monoisotopic (exact) mass is 480 g/mol. The summed E-state index contributed by atoms with van der Waals surface area (Å²) in [6.45, 7) is 2.50. The predicted octanol–water partition coefficient (Wildman–Crippen LogP) is 3.84. The van der Waals surface area contributed by atoms with Crippen molar-refractivity contribution in [1.82, 2.24) is 24.6 Å². The van der Waals surface area contributed by atoms with Crippen LogP contribution in [0.2, 0.25) is 0 Å². The largest absolute Gasteiger partial charge is 0.355 e. The lowest BCUT2D eigenvalue weighted by Gasteiger charge is -2.28. The van der Waals surface area contributed by atoms with Crippen LogP contribution in [0.3, 0.4) is 0 Å². The second-order valence-corrected chi connectivity index (χ2v) is 9.68. The number of hydrogen-bond acceptors (Lipinski definition) is 6. The first-order valence-electron chi connectivity index (χ1n) is 11.2. The maximum absolute atomic E-state index is 14.5. The highest BCUT2D eigenvalue weighted by atomic mass is 32.1. The van der Waals surface area contributed by atoms with Gasteiger partial charge in [-0.05, 0) is 61.0 Å². The molecule has 8 nitrogen and oxygen atoms in total. The van der Waals surface area contributed by atoms with Crippen LogP contribution in [0.1, 0.15) is 57.4 Å². The SMILES string of the molecule is CNC(=O)c1cnc(C2CC2)cc1NC(=O)N1CC[C@](c2ccc(C)c(F)c2)(c2ncns2)C1. The third-order valence-electron chi connectivity index (χ3n) is 6.69. The predicted molar refractivity (Wildman–Crippen MR) is 127 cm³/mol. The number of aryl methyl sites for hydroxylation is 1. The molecule has 3 amide bonds. The van der Waals surface area contributed by atoms with Gasteiger partial charge in [0.15, 0.2) is 0 Å². The second-order valence-electron chi connectivity index (χ2n) is 8.90. The topological polar surface area (TPSA) is 100 Å². The van der Waals surface area contributed by atoms with Gasteiger partial charge in [0.25, 0.3) is 5.91 Å². The minimum absolute atomic E-state index is 0.288. The van der Waals surface area contributed by atoms with E-state index in [-0.39, 0.29) is 17.8 Å². The lowest BCUT2D eigenvalue weighted by atomic mass is 9.80. The first-order valence-corrected chi connectivity index (χ1v) is 12.0. The van der Waals surface area contributed by atoms with Gasteiger partial charge in [0.1, 0.15) is 17.2 Å². The molecule has 2 aliphatic rings. The molecule has 2 aromatic heterocycles. The normalized spacial score (nSPS) is 19.8. The molecule has 176 valence electrons. The molecule has 2 N–H and O–H groups in total. The van der Waals surface area contributed by atoms with Crippen LogP contribution in [0.25, 0.3) is 0 Å². The number of urea groups is 1. The van der Waals surface area contributed by atoms with Crippen molar-refractivity contribution in [2.45, 2.75) is 37.5 Å². The number of carbonyl (C=O) groups is 2. The fraction of sp³-hybridized carbons (Fsp3) is 0.375. The van der Waals surface area contributed by atoms with Gasteiger partial charge < -0.3 is 15.5 Å². The Hall–Kier alpha value is -3.40. The molecule has 1 atom stereocenters. The highest BCUT2D eigenvalue weighted by molar-refractivity contribution is 7.05. The van der Waals surface area contributed by atoms with E-state index >= 15 is 0 Å². The van der Waals surface area contributed by atoms with Gasteiger partial charge in [0.05, 0.1) is 16.7 Å². The summed E-state index contributed by atoms with van der Waals surface area (Å²) in [5, 5.41) is 6.27. The third kappa shape index (κ3) is 4.02. The second kappa shape index (κ2) is 8.75. The summed E-state index contributed by atoms with van der Waals surface area (Å²) < 4.78 is 18.6. The Labute approximate surface area is 200 Å². The summed E-state index contributed by atoms with van der Waals surface area (Å²) in [6, 6.07) is 6.66. The maximum Gasteiger partial charge on any atom is 0.321 e. The van der Waals surface area contributed by atoms with Gasteiger partial charge >= 0.3 is 6.03 Å². The molecule has 1 saturated heterocycles. The minimum Gasteiger partial charge on any atom is -0.355 e. The number of amides is 3. The molecule has 1 aromatic carbocycles. The van der Waals surface area contributed by atoms with Gasteiger partial charge in [-0.15, -0.1) is 0 Å². The fourth-order valence-electron chi connectivity index (χ4n) is 4.48. The van der Waals surface area contributed by atoms with Gasteiger partial charge in [0, 0.05) is 37.9 Å². The molecule has 1 aliphatic carbocycles. The number of halogens is 1. The van der Waals surface area contributed by atoms with Crippen LogP contribution < -0.4 is 10.6 Å². The van der Waals surface area contributed by atoms with Crippen molar-refractivity contribution in [3.8, 4) is 0 Å². The van der Waals surface area contributed by atoms with E-state index in [1.165, 1.54) is 30.1 Å². The van der Waals surface area contributed by atoms with E-state index in [1.807, 2.05) is 6.07 Å².